The molecule has 1 atom stereocenters. The van der Waals surface area contributed by atoms with Crippen LogP contribution >= 0.6 is 15.9 Å². The molecule has 1 aromatic carbocycles. The molecule has 1 aliphatic heterocycles. The highest BCUT2D eigenvalue weighted by molar-refractivity contribution is 9.10. The Labute approximate surface area is 107 Å². The highest BCUT2D eigenvalue weighted by Gasteiger charge is 2.29. The number of nitrogens with zero attached hydrogens (tertiary/aromatic N) is 1. The predicted octanol–water partition coefficient (Wildman–Crippen LogP) is 2.81. The molecule has 1 unspecified atom stereocenters. The van der Waals surface area contributed by atoms with Crippen molar-refractivity contribution >= 4 is 21.9 Å². The van der Waals surface area contributed by atoms with Crippen LogP contribution in [0.2, 0.25) is 0 Å². The Morgan fingerprint density at radius 1 is 1.41 bits per heavy atom. The molecule has 0 radical (unpaired) electrons. The van der Waals surface area contributed by atoms with Gasteiger partial charge in [-0.3, -0.25) is 9.69 Å². The molecular formula is C12H13BrFNO2. The molecule has 2 rings (SSSR count). The van der Waals surface area contributed by atoms with Gasteiger partial charge in [0.05, 0.1) is 4.47 Å². The summed E-state index contributed by atoms with van der Waals surface area (Å²) in [4.78, 5) is 13.3. The monoisotopic (exact) mass is 301 g/mol. The summed E-state index contributed by atoms with van der Waals surface area (Å²) in [6.07, 6.45) is 2.04. The van der Waals surface area contributed by atoms with Crippen molar-refractivity contribution in [1.82, 2.24) is 4.90 Å². The van der Waals surface area contributed by atoms with E-state index in [4.69, 9.17) is 0 Å². The van der Waals surface area contributed by atoms with Crippen molar-refractivity contribution in [2.24, 2.45) is 0 Å². The number of carboxylic acids is 1. The van der Waals surface area contributed by atoms with Crippen molar-refractivity contribution in [2.45, 2.75) is 18.9 Å². The molecule has 0 amide bonds. The number of hydrogen-bond donors (Lipinski definition) is 1. The molecule has 1 saturated heterocycles. The molecule has 1 aliphatic rings. The van der Waals surface area contributed by atoms with Gasteiger partial charge in [0.1, 0.15) is 11.9 Å². The lowest BCUT2D eigenvalue weighted by Crippen LogP contribution is -2.31. The number of carbonyl (C=O) groups is 1. The topological polar surface area (TPSA) is 40.5 Å². The minimum absolute atomic E-state index is 0.306. The Kier molecular flexibility index (Phi) is 3.79. The summed E-state index contributed by atoms with van der Waals surface area (Å²) in [5.74, 6) is -1.26. The van der Waals surface area contributed by atoms with Crippen molar-refractivity contribution in [2.75, 3.05) is 13.1 Å². The molecule has 1 fully saturated rings. The number of hydrogen-bond acceptors (Lipinski definition) is 2. The Bertz CT molecular complexity index is 433. The first kappa shape index (κ1) is 12.5. The molecule has 1 aromatic rings. The van der Waals surface area contributed by atoms with Gasteiger partial charge < -0.3 is 5.11 Å². The summed E-state index contributed by atoms with van der Waals surface area (Å²) >= 11 is 3.09. The van der Waals surface area contributed by atoms with Crippen molar-refractivity contribution in [3.8, 4) is 0 Å². The third kappa shape index (κ3) is 2.66. The van der Waals surface area contributed by atoms with Crippen molar-refractivity contribution in [1.29, 1.82) is 0 Å². The molecule has 1 heterocycles. The first-order valence-electron chi connectivity index (χ1n) is 5.51. The van der Waals surface area contributed by atoms with Crippen LogP contribution in [0.4, 0.5) is 4.39 Å². The van der Waals surface area contributed by atoms with Gasteiger partial charge in [-0.2, -0.15) is 0 Å². The van der Waals surface area contributed by atoms with Crippen LogP contribution in [-0.2, 0) is 4.79 Å². The third-order valence-corrected chi connectivity index (χ3v) is 3.61. The Balaban J connectivity index is 2.31. The zero-order valence-electron chi connectivity index (χ0n) is 9.20. The molecule has 0 aliphatic carbocycles. The fourth-order valence-corrected chi connectivity index (χ4v) is 2.59. The van der Waals surface area contributed by atoms with E-state index < -0.39 is 12.0 Å². The van der Waals surface area contributed by atoms with Gasteiger partial charge in [-0.05, 0) is 59.6 Å². The Morgan fingerprint density at radius 2 is 2.06 bits per heavy atom. The number of likely N-dealkylation sites (tertiary alicyclic amines) is 1. The van der Waals surface area contributed by atoms with Gasteiger partial charge in [-0.25, -0.2) is 4.39 Å². The second-order valence-electron chi connectivity index (χ2n) is 4.16. The molecule has 0 saturated carbocycles. The lowest BCUT2D eigenvalue weighted by atomic mass is 10.1. The summed E-state index contributed by atoms with van der Waals surface area (Å²) < 4.78 is 13.4. The normalized spacial score (nSPS) is 18.2. The second kappa shape index (κ2) is 5.14. The minimum Gasteiger partial charge on any atom is -0.480 e. The maximum Gasteiger partial charge on any atom is 0.325 e. The number of carboxylic acid groups (broad SMARTS) is 1. The molecule has 0 spiro atoms. The van der Waals surface area contributed by atoms with E-state index in [2.05, 4.69) is 15.9 Å². The summed E-state index contributed by atoms with van der Waals surface area (Å²) in [5, 5.41) is 9.30. The quantitative estimate of drug-likeness (QED) is 0.933. The average Bonchev–Trinajstić information content (AvgIpc) is 2.76. The van der Waals surface area contributed by atoms with Crippen LogP contribution in [0.25, 0.3) is 0 Å². The lowest BCUT2D eigenvalue weighted by molar-refractivity contribution is -0.143. The number of benzene rings is 1. The minimum atomic E-state index is -0.884. The van der Waals surface area contributed by atoms with Crippen LogP contribution < -0.4 is 0 Å². The first-order chi connectivity index (χ1) is 8.09. The van der Waals surface area contributed by atoms with E-state index in [1.54, 1.807) is 6.07 Å². The van der Waals surface area contributed by atoms with Gasteiger partial charge in [-0.1, -0.05) is 6.07 Å². The van der Waals surface area contributed by atoms with Crippen LogP contribution in [0.1, 0.15) is 24.4 Å². The molecule has 3 nitrogen and oxygen atoms in total. The standard InChI is InChI=1S/C12H13BrFNO2/c13-9-7-8(3-4-10(9)14)11(12(16)17)15-5-1-2-6-15/h3-4,7,11H,1-2,5-6H2,(H,16,17). The smallest absolute Gasteiger partial charge is 0.325 e. The predicted molar refractivity (Wildman–Crippen MR) is 65.3 cm³/mol. The molecule has 0 aromatic heterocycles. The zero-order chi connectivity index (χ0) is 12.4. The van der Waals surface area contributed by atoms with Gasteiger partial charge in [0, 0.05) is 0 Å². The summed E-state index contributed by atoms with van der Waals surface area (Å²) in [6, 6.07) is 3.71. The summed E-state index contributed by atoms with van der Waals surface area (Å²) in [5.41, 5.74) is 0.618. The lowest BCUT2D eigenvalue weighted by Gasteiger charge is -2.24. The van der Waals surface area contributed by atoms with Crippen molar-refractivity contribution in [3.63, 3.8) is 0 Å². The Morgan fingerprint density at radius 3 is 2.59 bits per heavy atom. The Hall–Kier alpha value is -0.940. The molecule has 17 heavy (non-hydrogen) atoms. The molecule has 0 bridgehead atoms. The van der Waals surface area contributed by atoms with Crippen molar-refractivity contribution < 1.29 is 14.3 Å². The maximum absolute atomic E-state index is 13.1. The SMILES string of the molecule is O=C(O)C(c1ccc(F)c(Br)c1)N1CCCC1. The average molecular weight is 302 g/mol. The van der Waals surface area contributed by atoms with E-state index in [9.17, 15) is 14.3 Å². The zero-order valence-corrected chi connectivity index (χ0v) is 10.8. The molecule has 1 N–H and O–H groups in total. The van der Waals surface area contributed by atoms with E-state index >= 15 is 0 Å². The number of aliphatic carboxylic acids is 1. The molecular weight excluding hydrogens is 289 g/mol. The fourth-order valence-electron chi connectivity index (χ4n) is 2.19. The molecule has 92 valence electrons. The van der Waals surface area contributed by atoms with Gasteiger partial charge >= 0.3 is 5.97 Å². The van der Waals surface area contributed by atoms with Crippen LogP contribution in [-0.4, -0.2) is 29.1 Å². The van der Waals surface area contributed by atoms with Gasteiger partial charge in [-0.15, -0.1) is 0 Å². The van der Waals surface area contributed by atoms with Gasteiger partial charge in [0.15, 0.2) is 0 Å². The number of halogens is 2. The summed E-state index contributed by atoms with van der Waals surface area (Å²) in [7, 11) is 0. The third-order valence-electron chi connectivity index (χ3n) is 3.00. The molecule has 5 heteroatoms. The van der Waals surface area contributed by atoms with Crippen LogP contribution in [0.15, 0.2) is 22.7 Å². The summed E-state index contributed by atoms with van der Waals surface area (Å²) in [6.45, 7) is 1.57. The van der Waals surface area contributed by atoms with E-state index in [1.807, 2.05) is 4.90 Å². The van der Waals surface area contributed by atoms with E-state index in [-0.39, 0.29) is 5.82 Å². The van der Waals surface area contributed by atoms with E-state index in [0.29, 0.717) is 10.0 Å². The van der Waals surface area contributed by atoms with Gasteiger partial charge in [0.2, 0.25) is 0 Å². The first-order valence-corrected chi connectivity index (χ1v) is 6.30. The fraction of sp³-hybridized carbons (Fsp3) is 0.417. The van der Waals surface area contributed by atoms with E-state index in [0.717, 1.165) is 25.9 Å². The van der Waals surface area contributed by atoms with Crippen LogP contribution in [0, 0.1) is 5.82 Å². The highest BCUT2D eigenvalue weighted by atomic mass is 79.9. The van der Waals surface area contributed by atoms with Gasteiger partial charge in [0.25, 0.3) is 0 Å². The van der Waals surface area contributed by atoms with Crippen LogP contribution in [0.5, 0.6) is 0 Å². The maximum atomic E-state index is 13.1. The largest absolute Gasteiger partial charge is 0.480 e. The highest BCUT2D eigenvalue weighted by Crippen LogP contribution is 2.28. The van der Waals surface area contributed by atoms with Crippen molar-refractivity contribution in [3.05, 3.63) is 34.1 Å². The number of rotatable bonds is 3. The second-order valence-corrected chi connectivity index (χ2v) is 5.01. The van der Waals surface area contributed by atoms with Crippen LogP contribution in [0.3, 0.4) is 0 Å². The van der Waals surface area contributed by atoms with E-state index in [1.165, 1.54) is 12.1 Å².